The topological polar surface area (TPSA) is 91.7 Å². The molecule has 1 amide bonds. The number of aromatic nitrogens is 1. The van der Waals surface area contributed by atoms with Crippen molar-refractivity contribution >= 4 is 45.3 Å². The standard InChI is InChI=1S/C21H17Cl2FN4O3S/c22-16-4-6-17(7-5-16)32(30,31)28(13-18-19(23)2-1-3-20(18)24)14-21(29)27-26-12-15-8-10-25-11-9-15/h1-12H,13-14H2,(H,27,29)/b26-12-. The van der Waals surface area contributed by atoms with Crippen LogP contribution in [0, 0.1) is 5.82 Å². The lowest BCUT2D eigenvalue weighted by atomic mass is 10.2. The van der Waals surface area contributed by atoms with Crippen molar-refractivity contribution in [1.82, 2.24) is 14.7 Å². The maximum atomic E-state index is 14.3. The minimum absolute atomic E-state index is 0.0393. The summed E-state index contributed by atoms with van der Waals surface area (Å²) in [6, 6.07) is 12.8. The van der Waals surface area contributed by atoms with Gasteiger partial charge in [-0.2, -0.15) is 9.41 Å². The number of amides is 1. The number of hydrogen-bond donors (Lipinski definition) is 1. The fourth-order valence-electron chi connectivity index (χ4n) is 2.67. The van der Waals surface area contributed by atoms with Crippen LogP contribution in [0.4, 0.5) is 4.39 Å². The van der Waals surface area contributed by atoms with Crippen LogP contribution in [0.15, 0.2) is 77.0 Å². The van der Waals surface area contributed by atoms with Crippen molar-refractivity contribution in [2.45, 2.75) is 11.4 Å². The van der Waals surface area contributed by atoms with Gasteiger partial charge < -0.3 is 0 Å². The predicted octanol–water partition coefficient (Wildman–Crippen LogP) is 3.87. The lowest BCUT2D eigenvalue weighted by Gasteiger charge is -2.22. The van der Waals surface area contributed by atoms with Crippen molar-refractivity contribution in [2.75, 3.05) is 6.54 Å². The molecule has 7 nitrogen and oxygen atoms in total. The average Bonchev–Trinajstić information content (AvgIpc) is 2.76. The van der Waals surface area contributed by atoms with Crippen molar-refractivity contribution in [3.63, 3.8) is 0 Å². The zero-order valence-electron chi connectivity index (χ0n) is 16.5. The number of nitrogens with one attached hydrogen (secondary N) is 1. The molecule has 32 heavy (non-hydrogen) atoms. The maximum absolute atomic E-state index is 14.3. The molecule has 0 radical (unpaired) electrons. The number of carbonyl (C=O) groups excluding carboxylic acids is 1. The van der Waals surface area contributed by atoms with Crippen LogP contribution in [-0.2, 0) is 21.4 Å². The zero-order chi connectivity index (χ0) is 23.1. The zero-order valence-corrected chi connectivity index (χ0v) is 18.8. The highest BCUT2D eigenvalue weighted by Gasteiger charge is 2.28. The van der Waals surface area contributed by atoms with E-state index in [0.717, 1.165) is 10.4 Å². The third-order valence-corrected chi connectivity index (χ3v) is 6.69. The van der Waals surface area contributed by atoms with Crippen LogP contribution in [0.5, 0.6) is 0 Å². The average molecular weight is 495 g/mol. The monoisotopic (exact) mass is 494 g/mol. The van der Waals surface area contributed by atoms with Gasteiger partial charge in [0.25, 0.3) is 5.91 Å². The van der Waals surface area contributed by atoms with Gasteiger partial charge in [-0.3, -0.25) is 9.78 Å². The summed E-state index contributed by atoms with van der Waals surface area (Å²) in [5.74, 6) is -1.41. The van der Waals surface area contributed by atoms with Gasteiger partial charge in [-0.1, -0.05) is 29.3 Å². The molecule has 0 fully saturated rings. The SMILES string of the molecule is O=C(CN(Cc1c(F)cccc1Cl)S(=O)(=O)c1ccc(Cl)cc1)N/N=C\c1ccncc1. The van der Waals surface area contributed by atoms with E-state index in [-0.39, 0.29) is 15.5 Å². The Morgan fingerprint density at radius 3 is 2.44 bits per heavy atom. The molecule has 0 aliphatic carbocycles. The lowest BCUT2D eigenvalue weighted by molar-refractivity contribution is -0.121. The van der Waals surface area contributed by atoms with Crippen molar-refractivity contribution < 1.29 is 17.6 Å². The number of pyridine rings is 1. The van der Waals surface area contributed by atoms with E-state index < -0.39 is 34.8 Å². The first-order chi connectivity index (χ1) is 15.3. The van der Waals surface area contributed by atoms with Crippen LogP contribution in [0.25, 0.3) is 0 Å². The normalized spacial score (nSPS) is 11.8. The summed E-state index contributed by atoms with van der Waals surface area (Å²) in [5, 5.41) is 4.19. The smallest absolute Gasteiger partial charge is 0.255 e. The molecule has 3 rings (SSSR count). The molecule has 0 aliphatic rings. The number of benzene rings is 2. The van der Waals surface area contributed by atoms with Crippen LogP contribution >= 0.6 is 23.2 Å². The third-order valence-electron chi connectivity index (χ3n) is 4.28. The van der Waals surface area contributed by atoms with E-state index >= 15 is 0 Å². The molecule has 0 saturated carbocycles. The van der Waals surface area contributed by atoms with Crippen LogP contribution in [0.2, 0.25) is 10.0 Å². The molecule has 2 aromatic carbocycles. The molecule has 1 heterocycles. The number of rotatable bonds is 8. The number of hydrazone groups is 1. The Morgan fingerprint density at radius 1 is 1.09 bits per heavy atom. The van der Waals surface area contributed by atoms with Crippen molar-refractivity contribution in [2.24, 2.45) is 5.10 Å². The van der Waals surface area contributed by atoms with Crippen molar-refractivity contribution in [3.8, 4) is 0 Å². The van der Waals surface area contributed by atoms with Crippen molar-refractivity contribution in [1.29, 1.82) is 0 Å². The molecule has 1 N–H and O–H groups in total. The quantitative estimate of drug-likeness (QED) is 0.380. The van der Waals surface area contributed by atoms with E-state index in [4.69, 9.17) is 23.2 Å². The van der Waals surface area contributed by atoms with E-state index in [0.29, 0.717) is 10.6 Å². The molecule has 0 bridgehead atoms. The maximum Gasteiger partial charge on any atom is 0.255 e. The summed E-state index contributed by atoms with van der Waals surface area (Å²) in [6.07, 6.45) is 4.49. The Bertz CT molecular complexity index is 1200. The summed E-state index contributed by atoms with van der Waals surface area (Å²) in [4.78, 5) is 16.2. The first kappa shape index (κ1) is 23.8. The van der Waals surface area contributed by atoms with Gasteiger partial charge in [0.15, 0.2) is 0 Å². The summed E-state index contributed by atoms with van der Waals surface area (Å²) in [7, 11) is -4.19. The number of halogens is 3. The highest BCUT2D eigenvalue weighted by Crippen LogP contribution is 2.25. The van der Waals surface area contributed by atoms with Gasteiger partial charge in [0.1, 0.15) is 5.82 Å². The fraction of sp³-hybridized carbons (Fsp3) is 0.0952. The van der Waals surface area contributed by atoms with E-state index in [1.807, 2.05) is 0 Å². The molecule has 0 aliphatic heterocycles. The second kappa shape index (κ2) is 10.6. The van der Waals surface area contributed by atoms with Crippen molar-refractivity contribution in [3.05, 3.63) is 94.0 Å². The second-order valence-electron chi connectivity index (χ2n) is 6.50. The number of carbonyl (C=O) groups is 1. The Morgan fingerprint density at radius 2 is 1.78 bits per heavy atom. The van der Waals surface area contributed by atoms with E-state index in [1.54, 1.807) is 24.5 Å². The molecular weight excluding hydrogens is 478 g/mol. The highest BCUT2D eigenvalue weighted by atomic mass is 35.5. The van der Waals surface area contributed by atoms with Gasteiger partial charge in [-0.25, -0.2) is 18.2 Å². The molecule has 0 spiro atoms. The number of nitrogens with zero attached hydrogens (tertiary/aromatic N) is 3. The Balaban J connectivity index is 1.85. The Kier molecular flexibility index (Phi) is 7.92. The Labute approximate surface area is 194 Å². The van der Waals surface area contributed by atoms with Crippen LogP contribution in [0.3, 0.4) is 0 Å². The largest absolute Gasteiger partial charge is 0.272 e. The van der Waals surface area contributed by atoms with E-state index in [9.17, 15) is 17.6 Å². The van der Waals surface area contributed by atoms with Crippen LogP contribution in [0.1, 0.15) is 11.1 Å². The molecule has 11 heteroatoms. The minimum Gasteiger partial charge on any atom is -0.272 e. The van der Waals surface area contributed by atoms with Gasteiger partial charge in [0, 0.05) is 34.5 Å². The lowest BCUT2D eigenvalue weighted by Crippen LogP contribution is -2.39. The first-order valence-corrected chi connectivity index (χ1v) is 11.4. The predicted molar refractivity (Wildman–Crippen MR) is 120 cm³/mol. The second-order valence-corrected chi connectivity index (χ2v) is 9.28. The molecule has 0 atom stereocenters. The van der Waals surface area contributed by atoms with Gasteiger partial charge in [-0.15, -0.1) is 0 Å². The first-order valence-electron chi connectivity index (χ1n) is 9.18. The summed E-state index contributed by atoms with van der Waals surface area (Å²) < 4.78 is 41.5. The summed E-state index contributed by atoms with van der Waals surface area (Å²) >= 11 is 11.9. The minimum atomic E-state index is -4.19. The Hall–Kier alpha value is -2.85. The van der Waals surface area contributed by atoms with Gasteiger partial charge >= 0.3 is 0 Å². The molecule has 0 unspecified atom stereocenters. The van der Waals surface area contributed by atoms with Gasteiger partial charge in [0.2, 0.25) is 10.0 Å². The number of sulfonamides is 1. The van der Waals surface area contributed by atoms with Crippen LogP contribution < -0.4 is 5.43 Å². The third kappa shape index (κ3) is 6.10. The highest BCUT2D eigenvalue weighted by molar-refractivity contribution is 7.89. The summed E-state index contributed by atoms with van der Waals surface area (Å²) in [5.41, 5.74) is 2.89. The van der Waals surface area contributed by atoms with E-state index in [2.05, 4.69) is 15.5 Å². The number of hydrogen-bond acceptors (Lipinski definition) is 5. The fourth-order valence-corrected chi connectivity index (χ4v) is 4.38. The molecule has 1 aromatic heterocycles. The summed E-state index contributed by atoms with van der Waals surface area (Å²) in [6.45, 7) is -1.08. The molecule has 166 valence electrons. The molecule has 0 saturated heterocycles. The van der Waals surface area contributed by atoms with Gasteiger partial charge in [0.05, 0.1) is 17.7 Å². The van der Waals surface area contributed by atoms with E-state index in [1.165, 1.54) is 42.6 Å². The van der Waals surface area contributed by atoms with Gasteiger partial charge in [-0.05, 0) is 54.1 Å². The molecule has 3 aromatic rings. The van der Waals surface area contributed by atoms with Crippen LogP contribution in [-0.4, -0.2) is 36.4 Å². The molecular formula is C21H17Cl2FN4O3S.